The van der Waals surface area contributed by atoms with Crippen molar-refractivity contribution in [1.29, 1.82) is 0 Å². The van der Waals surface area contributed by atoms with Gasteiger partial charge in [-0.1, -0.05) is 0 Å². The first-order chi connectivity index (χ1) is 4.29. The van der Waals surface area contributed by atoms with Crippen molar-refractivity contribution in [1.82, 2.24) is 5.16 Å². The van der Waals surface area contributed by atoms with Gasteiger partial charge in [0.1, 0.15) is 6.26 Å². The molecule has 0 fully saturated rings. The van der Waals surface area contributed by atoms with E-state index in [9.17, 15) is 0 Å². The molecule has 0 atom stereocenters. The normalized spacial score (nSPS) is 9.11. The van der Waals surface area contributed by atoms with Gasteiger partial charge in [0, 0.05) is 6.07 Å². The number of aromatic nitrogens is 1. The molecule has 6 heteroatoms. The maximum atomic E-state index is 8.18. The van der Waals surface area contributed by atoms with E-state index in [1.807, 2.05) is 0 Å². The van der Waals surface area contributed by atoms with Crippen LogP contribution in [-0.4, -0.2) is 22.5 Å². The van der Waals surface area contributed by atoms with Crippen LogP contribution in [0.1, 0.15) is 0 Å². The molecule has 0 aliphatic rings. The van der Waals surface area contributed by atoms with Crippen molar-refractivity contribution in [3.05, 3.63) is 12.3 Å². The molecule has 0 unspecified atom stereocenters. The summed E-state index contributed by atoms with van der Waals surface area (Å²) >= 11 is 0. The van der Waals surface area contributed by atoms with Gasteiger partial charge in [-0.25, -0.2) is 0 Å². The van der Waals surface area contributed by atoms with E-state index in [1.165, 1.54) is 12.3 Å². The van der Waals surface area contributed by atoms with Crippen molar-refractivity contribution < 1.29 is 19.2 Å². The van der Waals surface area contributed by atoms with Crippen LogP contribution >= 0.6 is 0 Å². The van der Waals surface area contributed by atoms with E-state index in [4.69, 9.17) is 10.0 Å². The van der Waals surface area contributed by atoms with Gasteiger partial charge in [-0.05, 0) is 5.16 Å². The van der Waals surface area contributed by atoms with Crippen LogP contribution in [0.2, 0.25) is 0 Å². The van der Waals surface area contributed by atoms with E-state index in [0.717, 1.165) is 0 Å². The molecule has 0 bridgehead atoms. The van der Waals surface area contributed by atoms with Crippen molar-refractivity contribution in [2.75, 3.05) is 0 Å². The van der Waals surface area contributed by atoms with Crippen LogP contribution in [0.5, 0.6) is 5.88 Å². The van der Waals surface area contributed by atoms with E-state index >= 15 is 0 Å². The quantitative estimate of drug-likeness (QED) is 0.502. The molecular formula is C3H4BNO4. The lowest BCUT2D eigenvalue weighted by molar-refractivity contribution is 0.272. The minimum Gasteiger partial charge on any atom is -0.495 e. The van der Waals surface area contributed by atoms with Crippen molar-refractivity contribution in [2.45, 2.75) is 0 Å². The smallest absolute Gasteiger partial charge is 0.495 e. The Hall–Kier alpha value is -1.01. The first-order valence-corrected chi connectivity index (χ1v) is 2.22. The third-order valence-corrected chi connectivity index (χ3v) is 0.640. The molecule has 0 spiro atoms. The van der Waals surface area contributed by atoms with Crippen LogP contribution in [0.25, 0.3) is 0 Å². The summed E-state index contributed by atoms with van der Waals surface area (Å²) in [5.41, 5.74) is 0. The Balaban J connectivity index is 2.48. The van der Waals surface area contributed by atoms with Gasteiger partial charge in [0.2, 0.25) is 5.88 Å². The molecule has 9 heavy (non-hydrogen) atoms. The number of nitrogens with zero attached hydrogens (tertiary/aromatic N) is 1. The van der Waals surface area contributed by atoms with Gasteiger partial charge in [-0.2, -0.15) is 0 Å². The maximum absolute atomic E-state index is 8.18. The fourth-order valence-corrected chi connectivity index (χ4v) is 0.370. The summed E-state index contributed by atoms with van der Waals surface area (Å²) in [4.78, 5) is 0. The van der Waals surface area contributed by atoms with Crippen molar-refractivity contribution >= 4 is 7.32 Å². The Morgan fingerprint density at radius 1 is 1.67 bits per heavy atom. The molecule has 5 nitrogen and oxygen atoms in total. The molecule has 0 aromatic carbocycles. The Morgan fingerprint density at radius 3 is 2.89 bits per heavy atom. The summed E-state index contributed by atoms with van der Waals surface area (Å²) in [6.45, 7) is 0. The zero-order chi connectivity index (χ0) is 6.69. The van der Waals surface area contributed by atoms with Gasteiger partial charge in [0.05, 0.1) is 0 Å². The van der Waals surface area contributed by atoms with Crippen LogP contribution < -0.4 is 4.65 Å². The molecule has 0 saturated heterocycles. The molecule has 0 radical (unpaired) electrons. The molecule has 0 aliphatic heterocycles. The second kappa shape index (κ2) is 2.52. The number of hydrogen-bond donors (Lipinski definition) is 2. The van der Waals surface area contributed by atoms with Crippen LogP contribution in [0.4, 0.5) is 0 Å². The zero-order valence-corrected chi connectivity index (χ0v) is 4.39. The Morgan fingerprint density at radius 2 is 2.44 bits per heavy atom. The maximum Gasteiger partial charge on any atom is 0.708 e. The van der Waals surface area contributed by atoms with E-state index in [2.05, 4.69) is 14.3 Å². The highest BCUT2D eigenvalue weighted by Crippen LogP contribution is 2.03. The van der Waals surface area contributed by atoms with Crippen LogP contribution in [0.3, 0.4) is 0 Å². The first-order valence-electron chi connectivity index (χ1n) is 2.22. The van der Waals surface area contributed by atoms with Gasteiger partial charge < -0.3 is 19.2 Å². The van der Waals surface area contributed by atoms with E-state index in [1.54, 1.807) is 0 Å². The lowest BCUT2D eigenvalue weighted by atomic mass is 10.3. The standard InChI is InChI=1S/C3H4BNO4/c6-4(7)9-3-1-2-8-5-3/h1-2,6-7H. The number of hydrogen-bond acceptors (Lipinski definition) is 5. The summed E-state index contributed by atoms with van der Waals surface area (Å²) in [7, 11) is -1.84. The van der Waals surface area contributed by atoms with E-state index < -0.39 is 7.32 Å². The molecule has 1 aromatic rings. The third-order valence-electron chi connectivity index (χ3n) is 0.640. The lowest BCUT2D eigenvalue weighted by Gasteiger charge is -1.94. The van der Waals surface area contributed by atoms with Crippen LogP contribution in [0.15, 0.2) is 16.9 Å². The Bertz CT molecular complexity index is 162. The molecule has 1 aromatic heterocycles. The second-order valence-electron chi connectivity index (χ2n) is 1.28. The highest BCUT2D eigenvalue weighted by molar-refractivity contribution is 6.33. The molecular weight excluding hydrogens is 125 g/mol. The van der Waals surface area contributed by atoms with E-state index in [0.29, 0.717) is 0 Å². The first kappa shape index (κ1) is 6.12. The predicted octanol–water partition coefficient (Wildman–Crippen LogP) is -0.977. The molecule has 1 heterocycles. The largest absolute Gasteiger partial charge is 0.708 e. The summed E-state index contributed by atoms with van der Waals surface area (Å²) in [6, 6.07) is 1.36. The average Bonchev–Trinajstić information content (AvgIpc) is 2.15. The highest BCUT2D eigenvalue weighted by Gasteiger charge is 2.11. The Kier molecular flexibility index (Phi) is 1.71. The third kappa shape index (κ3) is 1.75. The predicted molar refractivity (Wildman–Crippen MR) is 27.3 cm³/mol. The van der Waals surface area contributed by atoms with Gasteiger partial charge >= 0.3 is 7.32 Å². The number of rotatable bonds is 2. The molecule has 48 valence electrons. The lowest BCUT2D eigenvalue weighted by Crippen LogP contribution is -2.20. The van der Waals surface area contributed by atoms with Crippen LogP contribution in [-0.2, 0) is 0 Å². The fourth-order valence-electron chi connectivity index (χ4n) is 0.370. The van der Waals surface area contributed by atoms with Gasteiger partial charge in [-0.3, -0.25) is 0 Å². The minimum absolute atomic E-state index is 0.0463. The Labute approximate surface area is 51.0 Å². The highest BCUT2D eigenvalue weighted by atomic mass is 16.6. The van der Waals surface area contributed by atoms with Crippen molar-refractivity contribution in [3.63, 3.8) is 0 Å². The molecule has 1 rings (SSSR count). The van der Waals surface area contributed by atoms with Gasteiger partial charge in [-0.15, -0.1) is 0 Å². The monoisotopic (exact) mass is 129 g/mol. The summed E-state index contributed by atoms with van der Waals surface area (Å²) in [5, 5.41) is 19.6. The van der Waals surface area contributed by atoms with Gasteiger partial charge in [0.25, 0.3) is 0 Å². The zero-order valence-electron chi connectivity index (χ0n) is 4.39. The molecule has 2 N–H and O–H groups in total. The average molecular weight is 129 g/mol. The fraction of sp³-hybridized carbons (Fsp3) is 0. The van der Waals surface area contributed by atoms with Gasteiger partial charge in [0.15, 0.2) is 0 Å². The second-order valence-corrected chi connectivity index (χ2v) is 1.28. The summed E-state index contributed by atoms with van der Waals surface area (Å²) in [6.07, 6.45) is 1.26. The molecule has 0 saturated carbocycles. The van der Waals surface area contributed by atoms with Crippen molar-refractivity contribution in [2.24, 2.45) is 0 Å². The summed E-state index contributed by atoms with van der Waals surface area (Å²) in [5.74, 6) is 0.0463. The summed E-state index contributed by atoms with van der Waals surface area (Å²) < 4.78 is 8.58. The molecule has 0 aliphatic carbocycles. The van der Waals surface area contributed by atoms with Crippen LogP contribution in [0, 0.1) is 0 Å². The van der Waals surface area contributed by atoms with E-state index in [-0.39, 0.29) is 5.88 Å². The topological polar surface area (TPSA) is 75.7 Å². The minimum atomic E-state index is -1.84. The SMILES string of the molecule is OB(O)Oc1ccon1. The van der Waals surface area contributed by atoms with Crippen molar-refractivity contribution in [3.8, 4) is 5.88 Å². The molecule has 0 amide bonds.